The minimum absolute atomic E-state index is 0.125. The van der Waals surface area contributed by atoms with Crippen molar-refractivity contribution in [1.82, 2.24) is 4.90 Å². The number of anilines is 1. The van der Waals surface area contributed by atoms with E-state index >= 15 is 0 Å². The zero-order valence-corrected chi connectivity index (χ0v) is 13.8. The summed E-state index contributed by atoms with van der Waals surface area (Å²) in [4.78, 5) is 25.1. The zero-order valence-electron chi connectivity index (χ0n) is 13.1. The normalized spacial score (nSPS) is 10.4. The number of nitrogens with zero attached hydrogens (tertiary/aromatic N) is 1. The van der Waals surface area contributed by atoms with E-state index in [0.29, 0.717) is 11.3 Å². The SMILES string of the molecule is CC(=O)N(C)Cc1ccccc1NC(=O)c1cc(F)c(F)cc1Cl. The number of halogens is 3. The molecule has 0 aromatic heterocycles. The second-order valence-electron chi connectivity index (χ2n) is 5.23. The van der Waals surface area contributed by atoms with Gasteiger partial charge in [-0.15, -0.1) is 0 Å². The van der Waals surface area contributed by atoms with Crippen molar-refractivity contribution in [1.29, 1.82) is 0 Å². The van der Waals surface area contributed by atoms with Gasteiger partial charge in [0.15, 0.2) is 11.6 Å². The Labute approximate surface area is 143 Å². The minimum atomic E-state index is -1.16. The van der Waals surface area contributed by atoms with E-state index in [1.54, 1.807) is 31.3 Å². The molecule has 0 atom stereocenters. The average Bonchev–Trinajstić information content (AvgIpc) is 2.52. The van der Waals surface area contributed by atoms with Gasteiger partial charge in [-0.05, 0) is 23.8 Å². The van der Waals surface area contributed by atoms with Crippen molar-refractivity contribution in [3.8, 4) is 0 Å². The number of para-hydroxylation sites is 1. The average molecular weight is 353 g/mol. The molecular formula is C17H15ClF2N2O2. The first-order valence-corrected chi connectivity index (χ1v) is 7.43. The number of hydrogen-bond donors (Lipinski definition) is 1. The molecule has 0 aliphatic carbocycles. The summed E-state index contributed by atoms with van der Waals surface area (Å²) in [6.07, 6.45) is 0. The Morgan fingerprint density at radius 2 is 1.79 bits per heavy atom. The van der Waals surface area contributed by atoms with Gasteiger partial charge in [0.2, 0.25) is 5.91 Å². The lowest BCUT2D eigenvalue weighted by Gasteiger charge is -2.18. The summed E-state index contributed by atoms with van der Waals surface area (Å²) < 4.78 is 26.4. The van der Waals surface area contributed by atoms with Gasteiger partial charge in [0.05, 0.1) is 10.6 Å². The van der Waals surface area contributed by atoms with E-state index in [9.17, 15) is 18.4 Å². The summed E-state index contributed by atoms with van der Waals surface area (Å²) in [6.45, 7) is 1.72. The number of rotatable bonds is 4. The summed E-state index contributed by atoms with van der Waals surface area (Å²) in [5.41, 5.74) is 0.976. The molecule has 4 nitrogen and oxygen atoms in total. The highest BCUT2D eigenvalue weighted by Gasteiger charge is 2.16. The number of amides is 2. The quantitative estimate of drug-likeness (QED) is 0.850. The standard InChI is InChI=1S/C17H15ClF2N2O2/c1-10(23)22(2)9-11-5-3-4-6-16(11)21-17(24)12-7-14(19)15(20)8-13(12)18/h3-8H,9H2,1-2H3,(H,21,24). The van der Waals surface area contributed by atoms with E-state index in [1.165, 1.54) is 11.8 Å². The van der Waals surface area contributed by atoms with Crippen LogP contribution in [0.5, 0.6) is 0 Å². The molecule has 24 heavy (non-hydrogen) atoms. The molecule has 1 N–H and O–H groups in total. The van der Waals surface area contributed by atoms with E-state index in [1.807, 2.05) is 0 Å². The highest BCUT2D eigenvalue weighted by atomic mass is 35.5. The Morgan fingerprint density at radius 3 is 2.46 bits per heavy atom. The Balaban J connectivity index is 2.27. The first-order valence-electron chi connectivity index (χ1n) is 7.05. The van der Waals surface area contributed by atoms with Gasteiger partial charge in [0, 0.05) is 26.2 Å². The number of nitrogens with one attached hydrogen (secondary N) is 1. The van der Waals surface area contributed by atoms with Crippen LogP contribution in [0.15, 0.2) is 36.4 Å². The van der Waals surface area contributed by atoms with Crippen molar-refractivity contribution in [3.05, 3.63) is 64.2 Å². The number of hydrogen-bond acceptors (Lipinski definition) is 2. The van der Waals surface area contributed by atoms with Gasteiger partial charge >= 0.3 is 0 Å². The fraction of sp³-hybridized carbons (Fsp3) is 0.176. The predicted molar refractivity (Wildman–Crippen MR) is 87.9 cm³/mol. The molecule has 7 heteroatoms. The van der Waals surface area contributed by atoms with Crippen LogP contribution in [0.2, 0.25) is 5.02 Å². The van der Waals surface area contributed by atoms with Gasteiger partial charge in [0.1, 0.15) is 0 Å². The van der Waals surface area contributed by atoms with Gasteiger partial charge < -0.3 is 10.2 Å². The molecule has 0 spiro atoms. The largest absolute Gasteiger partial charge is 0.342 e. The smallest absolute Gasteiger partial charge is 0.257 e. The van der Waals surface area contributed by atoms with E-state index in [2.05, 4.69) is 5.32 Å². The Morgan fingerprint density at radius 1 is 1.17 bits per heavy atom. The van der Waals surface area contributed by atoms with Gasteiger partial charge in [0.25, 0.3) is 5.91 Å². The maximum Gasteiger partial charge on any atom is 0.257 e. The van der Waals surface area contributed by atoms with Gasteiger partial charge in [-0.2, -0.15) is 0 Å². The van der Waals surface area contributed by atoms with Gasteiger partial charge in [-0.3, -0.25) is 9.59 Å². The Bertz CT molecular complexity index is 796. The van der Waals surface area contributed by atoms with Crippen LogP contribution >= 0.6 is 11.6 Å². The van der Waals surface area contributed by atoms with Crippen LogP contribution in [0.1, 0.15) is 22.8 Å². The van der Waals surface area contributed by atoms with Crippen LogP contribution in [0, 0.1) is 11.6 Å². The summed E-state index contributed by atoms with van der Waals surface area (Å²) in [5.74, 6) is -3.08. The third-order valence-corrected chi connectivity index (χ3v) is 3.78. The summed E-state index contributed by atoms with van der Waals surface area (Å²) in [6, 6.07) is 8.37. The minimum Gasteiger partial charge on any atom is -0.342 e. The van der Waals surface area contributed by atoms with Crippen molar-refractivity contribution in [3.63, 3.8) is 0 Å². The van der Waals surface area contributed by atoms with Crippen LogP contribution in [-0.4, -0.2) is 23.8 Å². The molecule has 0 aliphatic rings. The Kier molecular flexibility index (Phi) is 5.51. The molecule has 0 bridgehead atoms. The number of benzene rings is 2. The first kappa shape index (κ1) is 17.9. The second-order valence-corrected chi connectivity index (χ2v) is 5.64. The van der Waals surface area contributed by atoms with Crippen LogP contribution in [0.4, 0.5) is 14.5 Å². The summed E-state index contributed by atoms with van der Waals surface area (Å²) in [5, 5.41) is 2.42. The third kappa shape index (κ3) is 4.08. The molecule has 0 heterocycles. The first-order chi connectivity index (χ1) is 11.3. The fourth-order valence-corrected chi connectivity index (χ4v) is 2.27. The van der Waals surface area contributed by atoms with Crippen molar-refractivity contribution < 1.29 is 18.4 Å². The van der Waals surface area contributed by atoms with Crippen LogP contribution in [0.3, 0.4) is 0 Å². The highest BCUT2D eigenvalue weighted by Crippen LogP contribution is 2.23. The van der Waals surface area contributed by atoms with Gasteiger partial charge in [-0.1, -0.05) is 29.8 Å². The molecule has 0 saturated heterocycles. The van der Waals surface area contributed by atoms with Crippen LogP contribution < -0.4 is 5.32 Å². The maximum atomic E-state index is 13.3. The lowest BCUT2D eigenvalue weighted by atomic mass is 10.1. The molecule has 0 unspecified atom stereocenters. The molecule has 0 saturated carbocycles. The summed E-state index contributed by atoms with van der Waals surface area (Å²) >= 11 is 5.81. The zero-order chi connectivity index (χ0) is 17.9. The van der Waals surface area contributed by atoms with Gasteiger partial charge in [-0.25, -0.2) is 8.78 Å². The highest BCUT2D eigenvalue weighted by molar-refractivity contribution is 6.34. The molecule has 0 aliphatic heterocycles. The number of carbonyl (C=O) groups is 2. The monoisotopic (exact) mass is 352 g/mol. The molecule has 0 fully saturated rings. The van der Waals surface area contributed by atoms with E-state index < -0.39 is 17.5 Å². The molecular weight excluding hydrogens is 338 g/mol. The Hall–Kier alpha value is -2.47. The second kappa shape index (κ2) is 7.40. The molecule has 2 aromatic carbocycles. The molecule has 2 rings (SSSR count). The number of carbonyl (C=O) groups excluding carboxylic acids is 2. The van der Waals surface area contributed by atoms with E-state index in [4.69, 9.17) is 11.6 Å². The van der Waals surface area contributed by atoms with Crippen molar-refractivity contribution >= 4 is 29.1 Å². The van der Waals surface area contributed by atoms with E-state index in [0.717, 1.165) is 12.1 Å². The van der Waals surface area contributed by atoms with Crippen LogP contribution in [0.25, 0.3) is 0 Å². The predicted octanol–water partition coefficient (Wildman–Crippen LogP) is 3.85. The fourth-order valence-electron chi connectivity index (χ4n) is 2.03. The third-order valence-electron chi connectivity index (χ3n) is 3.47. The molecule has 126 valence electrons. The molecule has 0 radical (unpaired) electrons. The van der Waals surface area contributed by atoms with E-state index in [-0.39, 0.29) is 23.0 Å². The lowest BCUT2D eigenvalue weighted by molar-refractivity contribution is -0.128. The topological polar surface area (TPSA) is 49.4 Å². The van der Waals surface area contributed by atoms with Crippen LogP contribution in [-0.2, 0) is 11.3 Å². The van der Waals surface area contributed by atoms with Crippen molar-refractivity contribution in [2.45, 2.75) is 13.5 Å². The molecule has 2 aromatic rings. The maximum absolute atomic E-state index is 13.3. The lowest BCUT2D eigenvalue weighted by Crippen LogP contribution is -2.24. The summed E-state index contributed by atoms with van der Waals surface area (Å²) in [7, 11) is 1.63. The van der Waals surface area contributed by atoms with Crippen molar-refractivity contribution in [2.75, 3.05) is 12.4 Å². The molecule has 2 amide bonds. The van der Waals surface area contributed by atoms with Crippen molar-refractivity contribution in [2.24, 2.45) is 0 Å².